The maximum absolute atomic E-state index is 12.2. The predicted octanol–water partition coefficient (Wildman–Crippen LogP) is 1.32. The smallest absolute Gasteiger partial charge is 0.267 e. The fourth-order valence-electron chi connectivity index (χ4n) is 2.17. The Bertz CT molecular complexity index is 582. The van der Waals surface area contributed by atoms with E-state index in [9.17, 15) is 4.79 Å². The van der Waals surface area contributed by atoms with Crippen molar-refractivity contribution in [3.8, 4) is 0 Å². The van der Waals surface area contributed by atoms with Crippen LogP contribution in [0.5, 0.6) is 0 Å². The minimum atomic E-state index is -0.00178. The number of nitrogen functional groups attached to an aromatic ring is 1. The molecule has 1 aliphatic heterocycles. The fraction of sp³-hybridized carbons (Fsp3) is 0.250. The maximum atomic E-state index is 12.2. The number of carbonyl (C=O) groups is 1. The quantitative estimate of drug-likeness (QED) is 0.785. The monoisotopic (exact) mass is 260 g/mol. The van der Waals surface area contributed by atoms with Gasteiger partial charge in [-0.25, -0.2) is 0 Å². The third-order valence-corrected chi connectivity index (χ3v) is 3.75. The fourth-order valence-corrected chi connectivity index (χ4v) is 2.65. The molecule has 92 valence electrons. The van der Waals surface area contributed by atoms with E-state index in [1.165, 1.54) is 11.8 Å². The zero-order chi connectivity index (χ0) is 12.5. The van der Waals surface area contributed by atoms with E-state index in [-0.39, 0.29) is 5.91 Å². The average Bonchev–Trinajstić information content (AvgIpc) is 2.90. The molecule has 2 N–H and O–H groups in total. The molecule has 2 aromatic rings. The number of hydrogen-bond acceptors (Lipinski definition) is 5. The molecule has 0 spiro atoms. The first-order valence-corrected chi connectivity index (χ1v) is 6.45. The largest absolute Gasteiger partial charge is 0.399 e. The van der Waals surface area contributed by atoms with Crippen LogP contribution in [0.4, 0.5) is 5.69 Å². The van der Waals surface area contributed by atoms with Gasteiger partial charge in [-0.2, -0.15) is 0 Å². The topological polar surface area (TPSA) is 72.1 Å². The van der Waals surface area contributed by atoms with Crippen molar-refractivity contribution in [3.05, 3.63) is 40.4 Å². The number of anilines is 1. The van der Waals surface area contributed by atoms with Crippen LogP contribution in [0.15, 0.2) is 24.4 Å². The molecule has 0 radical (unpaired) electrons. The summed E-state index contributed by atoms with van der Waals surface area (Å²) in [5, 5.41) is 3.70. The molecule has 1 aromatic heterocycles. The van der Waals surface area contributed by atoms with Gasteiger partial charge in [0.25, 0.3) is 5.91 Å². The molecule has 0 aliphatic carbocycles. The van der Waals surface area contributed by atoms with Crippen LogP contribution in [0, 0.1) is 0 Å². The lowest BCUT2D eigenvalue weighted by atomic mass is 9.99. The minimum absolute atomic E-state index is 0.00178. The van der Waals surface area contributed by atoms with E-state index in [0.717, 1.165) is 35.7 Å². The summed E-state index contributed by atoms with van der Waals surface area (Å²) in [6.07, 6.45) is 2.38. The van der Waals surface area contributed by atoms with Crippen molar-refractivity contribution >= 4 is 23.1 Å². The van der Waals surface area contributed by atoms with Crippen LogP contribution in [-0.2, 0) is 13.0 Å². The molecule has 0 fully saturated rings. The van der Waals surface area contributed by atoms with Gasteiger partial charge in [0.05, 0.1) is 6.20 Å². The Morgan fingerprint density at radius 3 is 3.06 bits per heavy atom. The lowest BCUT2D eigenvalue weighted by Gasteiger charge is -2.28. The summed E-state index contributed by atoms with van der Waals surface area (Å²) in [7, 11) is 0. The number of aromatic nitrogens is 2. The summed E-state index contributed by atoms with van der Waals surface area (Å²) in [6.45, 7) is 1.34. The Kier molecular flexibility index (Phi) is 2.71. The van der Waals surface area contributed by atoms with Crippen LogP contribution in [0.3, 0.4) is 0 Å². The molecule has 1 aromatic carbocycles. The molecule has 6 heteroatoms. The Balaban J connectivity index is 1.84. The second kappa shape index (κ2) is 4.38. The molecule has 0 bridgehead atoms. The van der Waals surface area contributed by atoms with Gasteiger partial charge in [0, 0.05) is 18.8 Å². The lowest BCUT2D eigenvalue weighted by molar-refractivity contribution is 0.0739. The maximum Gasteiger partial charge on any atom is 0.267 e. The Hall–Kier alpha value is -1.95. The molecule has 2 heterocycles. The number of rotatable bonds is 1. The molecule has 1 aliphatic rings. The summed E-state index contributed by atoms with van der Waals surface area (Å²) < 4.78 is 3.72. The number of fused-ring (bicyclic) bond motifs is 1. The van der Waals surface area contributed by atoms with Gasteiger partial charge in [-0.15, -0.1) is 5.10 Å². The molecule has 5 nitrogen and oxygen atoms in total. The molecule has 0 atom stereocenters. The third kappa shape index (κ3) is 1.95. The zero-order valence-electron chi connectivity index (χ0n) is 9.67. The van der Waals surface area contributed by atoms with Crippen LogP contribution in [0.1, 0.15) is 20.8 Å². The molecule has 1 amide bonds. The number of carbonyl (C=O) groups excluding carboxylic acids is 1. The number of benzene rings is 1. The number of nitrogens with zero attached hydrogens (tertiary/aromatic N) is 3. The SMILES string of the molecule is Nc1ccc2c(c1)CN(C(=O)c1cnns1)CC2. The van der Waals surface area contributed by atoms with Crippen molar-refractivity contribution in [2.45, 2.75) is 13.0 Å². The van der Waals surface area contributed by atoms with Crippen molar-refractivity contribution in [2.24, 2.45) is 0 Å². The molecule has 0 saturated carbocycles. The summed E-state index contributed by atoms with van der Waals surface area (Å²) in [6, 6.07) is 5.89. The van der Waals surface area contributed by atoms with E-state index in [1.54, 1.807) is 0 Å². The van der Waals surface area contributed by atoms with Crippen molar-refractivity contribution in [3.63, 3.8) is 0 Å². The number of nitrogens with two attached hydrogens (primary N) is 1. The van der Waals surface area contributed by atoms with Gasteiger partial charge < -0.3 is 10.6 Å². The lowest BCUT2D eigenvalue weighted by Crippen LogP contribution is -2.35. The van der Waals surface area contributed by atoms with Crippen LogP contribution in [0.2, 0.25) is 0 Å². The van der Waals surface area contributed by atoms with E-state index in [4.69, 9.17) is 5.73 Å². The van der Waals surface area contributed by atoms with Gasteiger partial charge in [-0.3, -0.25) is 4.79 Å². The first kappa shape index (κ1) is 11.2. The Morgan fingerprint density at radius 1 is 1.39 bits per heavy atom. The summed E-state index contributed by atoms with van der Waals surface area (Å²) in [5.41, 5.74) is 8.92. The minimum Gasteiger partial charge on any atom is -0.399 e. The van der Waals surface area contributed by atoms with E-state index < -0.39 is 0 Å². The Morgan fingerprint density at radius 2 is 2.28 bits per heavy atom. The van der Waals surface area contributed by atoms with Gasteiger partial charge in [0.2, 0.25) is 0 Å². The molecule has 0 saturated heterocycles. The zero-order valence-corrected chi connectivity index (χ0v) is 10.5. The molecular formula is C12H12N4OS. The molecular weight excluding hydrogens is 248 g/mol. The van der Waals surface area contributed by atoms with Crippen molar-refractivity contribution in [2.75, 3.05) is 12.3 Å². The van der Waals surface area contributed by atoms with E-state index in [2.05, 4.69) is 9.59 Å². The highest BCUT2D eigenvalue weighted by Crippen LogP contribution is 2.22. The second-order valence-corrected chi connectivity index (χ2v) is 5.07. The molecule has 3 rings (SSSR count). The van der Waals surface area contributed by atoms with Crippen molar-refractivity contribution in [1.29, 1.82) is 0 Å². The number of amides is 1. The Labute approximate surface area is 108 Å². The highest BCUT2D eigenvalue weighted by molar-refractivity contribution is 7.07. The van der Waals surface area contributed by atoms with E-state index in [0.29, 0.717) is 11.4 Å². The summed E-state index contributed by atoms with van der Waals surface area (Å²) >= 11 is 1.13. The molecule has 0 unspecified atom stereocenters. The summed E-state index contributed by atoms with van der Waals surface area (Å²) in [4.78, 5) is 14.6. The van der Waals surface area contributed by atoms with Crippen molar-refractivity contribution < 1.29 is 4.79 Å². The van der Waals surface area contributed by atoms with E-state index >= 15 is 0 Å². The van der Waals surface area contributed by atoms with Crippen LogP contribution >= 0.6 is 11.5 Å². The highest BCUT2D eigenvalue weighted by Gasteiger charge is 2.23. The first-order chi connectivity index (χ1) is 8.74. The van der Waals surface area contributed by atoms with Gasteiger partial charge in [-0.05, 0) is 41.2 Å². The third-order valence-electron chi connectivity index (χ3n) is 3.10. The normalized spacial score (nSPS) is 14.3. The van der Waals surface area contributed by atoms with Crippen LogP contribution in [0.25, 0.3) is 0 Å². The second-order valence-electron chi connectivity index (χ2n) is 4.29. The van der Waals surface area contributed by atoms with Crippen LogP contribution in [-0.4, -0.2) is 26.9 Å². The standard InChI is InChI=1S/C12H12N4OS/c13-10-2-1-8-3-4-16(7-9(8)5-10)12(17)11-6-14-15-18-11/h1-2,5-6H,3-4,7,13H2. The van der Waals surface area contributed by atoms with Gasteiger partial charge in [0.15, 0.2) is 0 Å². The molecule has 18 heavy (non-hydrogen) atoms. The first-order valence-electron chi connectivity index (χ1n) is 5.68. The van der Waals surface area contributed by atoms with Crippen molar-refractivity contribution in [1.82, 2.24) is 14.5 Å². The van der Waals surface area contributed by atoms with Gasteiger partial charge in [0.1, 0.15) is 4.88 Å². The average molecular weight is 260 g/mol. The van der Waals surface area contributed by atoms with Gasteiger partial charge in [-0.1, -0.05) is 10.6 Å². The number of hydrogen-bond donors (Lipinski definition) is 1. The highest BCUT2D eigenvalue weighted by atomic mass is 32.1. The van der Waals surface area contributed by atoms with Gasteiger partial charge >= 0.3 is 0 Å². The predicted molar refractivity (Wildman–Crippen MR) is 69.2 cm³/mol. The van der Waals surface area contributed by atoms with E-state index in [1.807, 2.05) is 23.1 Å². The van der Waals surface area contributed by atoms with Crippen LogP contribution < -0.4 is 5.73 Å². The summed E-state index contributed by atoms with van der Waals surface area (Å²) in [5.74, 6) is -0.00178.